The second-order valence-electron chi connectivity index (χ2n) is 4.79. The molecule has 0 saturated heterocycles. The van der Waals surface area contributed by atoms with Gasteiger partial charge in [-0.25, -0.2) is 0 Å². The Morgan fingerprint density at radius 1 is 1.38 bits per heavy atom. The van der Waals surface area contributed by atoms with Crippen molar-refractivity contribution in [1.82, 2.24) is 4.90 Å². The number of rotatable bonds is 5. The third-order valence-corrected chi connectivity index (χ3v) is 3.56. The number of anilines is 1. The Morgan fingerprint density at radius 2 is 2.10 bits per heavy atom. The van der Waals surface area contributed by atoms with Crippen LogP contribution in [-0.2, 0) is 16.2 Å². The fraction of sp³-hybridized carbons (Fsp3) is 0.467. The van der Waals surface area contributed by atoms with Crippen LogP contribution in [0.25, 0.3) is 0 Å². The molecule has 0 spiro atoms. The van der Waals surface area contributed by atoms with Crippen LogP contribution in [0, 0.1) is 0 Å². The molecular weight excluding hydrogens is 272 g/mol. The Labute approximate surface area is 123 Å². The molecular formula is C15H20N2O4. The van der Waals surface area contributed by atoms with Crippen molar-refractivity contribution in [2.45, 2.75) is 20.5 Å². The molecule has 1 heterocycles. The molecule has 0 radical (unpaired) electrons. The van der Waals surface area contributed by atoms with Crippen LogP contribution in [0.2, 0.25) is 0 Å². The standard InChI is InChI=1S/C15H20N2O4/c1-3-16(4-2)14(19)8-17-12-6-5-11(9-18)7-13(12)21-10-15(17)20/h5-7,18H,3-4,8-10H2,1-2H3. The molecule has 1 N–H and O–H groups in total. The van der Waals surface area contributed by atoms with E-state index in [0.717, 1.165) is 0 Å². The molecule has 6 heteroatoms. The maximum atomic E-state index is 12.2. The quantitative estimate of drug-likeness (QED) is 0.870. The van der Waals surface area contributed by atoms with E-state index in [9.17, 15) is 9.59 Å². The molecule has 114 valence electrons. The molecule has 0 aromatic heterocycles. The number of carbonyl (C=O) groups is 2. The van der Waals surface area contributed by atoms with Crippen molar-refractivity contribution in [3.8, 4) is 5.75 Å². The van der Waals surface area contributed by atoms with Gasteiger partial charge >= 0.3 is 0 Å². The first-order valence-corrected chi connectivity index (χ1v) is 7.05. The third-order valence-electron chi connectivity index (χ3n) is 3.56. The van der Waals surface area contributed by atoms with Crippen molar-refractivity contribution < 1.29 is 19.4 Å². The first kappa shape index (κ1) is 15.3. The molecule has 2 amide bonds. The Morgan fingerprint density at radius 3 is 2.71 bits per heavy atom. The van der Waals surface area contributed by atoms with Crippen molar-refractivity contribution in [2.75, 3.05) is 31.1 Å². The van der Waals surface area contributed by atoms with Gasteiger partial charge in [-0.05, 0) is 31.5 Å². The number of ether oxygens (including phenoxy) is 1. The summed E-state index contributed by atoms with van der Waals surface area (Å²) in [7, 11) is 0. The summed E-state index contributed by atoms with van der Waals surface area (Å²) in [4.78, 5) is 27.4. The number of likely N-dealkylation sites (N-methyl/N-ethyl adjacent to an activating group) is 1. The highest BCUT2D eigenvalue weighted by atomic mass is 16.5. The van der Waals surface area contributed by atoms with Gasteiger partial charge in [-0.3, -0.25) is 14.5 Å². The number of amides is 2. The zero-order valence-electron chi connectivity index (χ0n) is 12.3. The molecule has 21 heavy (non-hydrogen) atoms. The molecule has 2 rings (SSSR count). The van der Waals surface area contributed by atoms with E-state index in [-0.39, 0.29) is 31.6 Å². The lowest BCUT2D eigenvalue weighted by molar-refractivity contribution is -0.131. The largest absolute Gasteiger partial charge is 0.482 e. The van der Waals surface area contributed by atoms with E-state index in [1.54, 1.807) is 23.1 Å². The maximum absolute atomic E-state index is 12.2. The first-order valence-electron chi connectivity index (χ1n) is 7.05. The summed E-state index contributed by atoms with van der Waals surface area (Å²) in [6.07, 6.45) is 0. The number of benzene rings is 1. The van der Waals surface area contributed by atoms with Crippen LogP contribution in [0.1, 0.15) is 19.4 Å². The summed E-state index contributed by atoms with van der Waals surface area (Å²) in [5.74, 6) is 0.195. The van der Waals surface area contributed by atoms with Crippen molar-refractivity contribution >= 4 is 17.5 Å². The Hall–Kier alpha value is -2.08. The van der Waals surface area contributed by atoms with E-state index in [4.69, 9.17) is 9.84 Å². The predicted molar refractivity (Wildman–Crippen MR) is 78.1 cm³/mol. The highest BCUT2D eigenvalue weighted by molar-refractivity contribution is 6.02. The molecule has 0 bridgehead atoms. The monoisotopic (exact) mass is 292 g/mol. The van der Waals surface area contributed by atoms with Crippen LogP contribution in [0.5, 0.6) is 5.75 Å². The zero-order chi connectivity index (χ0) is 15.4. The SMILES string of the molecule is CCN(CC)C(=O)CN1C(=O)COc2cc(CO)ccc21. The van der Waals surface area contributed by atoms with Crippen molar-refractivity contribution in [2.24, 2.45) is 0 Å². The van der Waals surface area contributed by atoms with Gasteiger partial charge in [-0.15, -0.1) is 0 Å². The molecule has 1 aromatic carbocycles. The van der Waals surface area contributed by atoms with Crippen molar-refractivity contribution in [3.63, 3.8) is 0 Å². The molecule has 0 fully saturated rings. The maximum Gasteiger partial charge on any atom is 0.265 e. The van der Waals surface area contributed by atoms with E-state index in [2.05, 4.69) is 0 Å². The third kappa shape index (κ3) is 3.16. The van der Waals surface area contributed by atoms with Crippen molar-refractivity contribution in [3.05, 3.63) is 23.8 Å². The van der Waals surface area contributed by atoms with Crippen LogP contribution < -0.4 is 9.64 Å². The van der Waals surface area contributed by atoms with Gasteiger partial charge in [0.1, 0.15) is 12.3 Å². The van der Waals surface area contributed by atoms with Gasteiger partial charge in [0.2, 0.25) is 5.91 Å². The zero-order valence-corrected chi connectivity index (χ0v) is 12.3. The topological polar surface area (TPSA) is 70.1 Å². The average Bonchev–Trinajstić information content (AvgIpc) is 2.50. The number of hydrogen-bond donors (Lipinski definition) is 1. The molecule has 6 nitrogen and oxygen atoms in total. The summed E-state index contributed by atoms with van der Waals surface area (Å²) in [5, 5.41) is 9.14. The number of carbonyl (C=O) groups excluding carboxylic acids is 2. The van der Waals surface area contributed by atoms with E-state index in [1.165, 1.54) is 4.90 Å². The number of fused-ring (bicyclic) bond motifs is 1. The second kappa shape index (κ2) is 6.58. The van der Waals surface area contributed by atoms with Crippen LogP contribution in [0.15, 0.2) is 18.2 Å². The Kier molecular flexibility index (Phi) is 4.80. The molecule has 0 atom stereocenters. The summed E-state index contributed by atoms with van der Waals surface area (Å²) in [5.41, 5.74) is 1.28. The van der Waals surface area contributed by atoms with E-state index >= 15 is 0 Å². The van der Waals surface area contributed by atoms with Gasteiger partial charge in [0.25, 0.3) is 5.91 Å². The normalized spacial score (nSPS) is 13.7. The highest BCUT2D eigenvalue weighted by Crippen LogP contribution is 2.32. The fourth-order valence-electron chi connectivity index (χ4n) is 2.33. The van der Waals surface area contributed by atoms with Gasteiger partial charge in [0.05, 0.1) is 12.3 Å². The van der Waals surface area contributed by atoms with Gasteiger partial charge in [0.15, 0.2) is 6.61 Å². The molecule has 0 unspecified atom stereocenters. The number of aliphatic hydroxyl groups is 1. The minimum atomic E-state index is -0.236. The van der Waals surface area contributed by atoms with Crippen molar-refractivity contribution in [1.29, 1.82) is 0 Å². The predicted octanol–water partition coefficient (Wildman–Crippen LogP) is 0.773. The lowest BCUT2D eigenvalue weighted by Gasteiger charge is -2.31. The fourth-order valence-corrected chi connectivity index (χ4v) is 2.33. The van der Waals surface area contributed by atoms with Crippen LogP contribution in [0.4, 0.5) is 5.69 Å². The summed E-state index contributed by atoms with van der Waals surface area (Å²) >= 11 is 0. The average molecular weight is 292 g/mol. The molecule has 1 aliphatic heterocycles. The number of nitrogens with zero attached hydrogens (tertiary/aromatic N) is 2. The lowest BCUT2D eigenvalue weighted by atomic mass is 10.1. The second-order valence-corrected chi connectivity index (χ2v) is 4.79. The summed E-state index contributed by atoms with van der Waals surface area (Å²) in [6.45, 7) is 4.87. The van der Waals surface area contributed by atoms with Crippen LogP contribution in [0.3, 0.4) is 0 Å². The van der Waals surface area contributed by atoms with E-state index in [0.29, 0.717) is 30.1 Å². The van der Waals surface area contributed by atoms with Gasteiger partial charge in [-0.1, -0.05) is 6.07 Å². The molecule has 0 aliphatic carbocycles. The molecule has 1 aromatic rings. The lowest BCUT2D eigenvalue weighted by Crippen LogP contribution is -2.46. The van der Waals surface area contributed by atoms with Crippen LogP contribution >= 0.6 is 0 Å². The Balaban J connectivity index is 2.24. The summed E-state index contributed by atoms with van der Waals surface area (Å²) in [6, 6.07) is 5.11. The van der Waals surface area contributed by atoms with Gasteiger partial charge < -0.3 is 14.7 Å². The van der Waals surface area contributed by atoms with E-state index < -0.39 is 0 Å². The molecule has 0 saturated carbocycles. The minimum Gasteiger partial charge on any atom is -0.482 e. The first-order chi connectivity index (χ1) is 10.1. The van der Waals surface area contributed by atoms with E-state index in [1.807, 2.05) is 13.8 Å². The highest BCUT2D eigenvalue weighted by Gasteiger charge is 2.28. The van der Waals surface area contributed by atoms with Gasteiger partial charge in [-0.2, -0.15) is 0 Å². The molecule has 1 aliphatic rings. The van der Waals surface area contributed by atoms with Gasteiger partial charge in [0, 0.05) is 13.1 Å². The summed E-state index contributed by atoms with van der Waals surface area (Å²) < 4.78 is 5.38. The smallest absolute Gasteiger partial charge is 0.265 e. The Bertz CT molecular complexity index is 540. The number of hydrogen-bond acceptors (Lipinski definition) is 4. The number of aliphatic hydroxyl groups excluding tert-OH is 1. The van der Waals surface area contributed by atoms with Crippen LogP contribution in [-0.4, -0.2) is 48.1 Å². The minimum absolute atomic E-state index is 0.00927.